The molecule has 144 valence electrons. The molecule has 3 rings (SSSR count). The van der Waals surface area contributed by atoms with Gasteiger partial charge in [-0.3, -0.25) is 14.9 Å². The van der Waals surface area contributed by atoms with Crippen molar-refractivity contribution in [1.82, 2.24) is 10.6 Å². The first-order valence-electron chi connectivity index (χ1n) is 8.05. The normalized spacial score (nSPS) is 16.2. The Balaban J connectivity index is 1.99. The minimum Gasteiger partial charge on any atom is -0.351 e. The first-order chi connectivity index (χ1) is 13.3. The predicted octanol–water partition coefficient (Wildman–Crippen LogP) is 3.82. The Kier molecular flexibility index (Phi) is 5.57. The number of carbonyl (C=O) groups is 1. The van der Waals surface area contributed by atoms with Gasteiger partial charge < -0.3 is 16.0 Å². The minimum atomic E-state index is -0.731. The van der Waals surface area contributed by atoms with Gasteiger partial charge in [0.15, 0.2) is 5.11 Å². The van der Waals surface area contributed by atoms with E-state index in [1.165, 1.54) is 36.4 Å². The van der Waals surface area contributed by atoms with Crippen molar-refractivity contribution in [3.05, 3.63) is 80.3 Å². The molecule has 0 fully saturated rings. The van der Waals surface area contributed by atoms with Crippen molar-refractivity contribution in [3.8, 4) is 0 Å². The number of nitrogens with one attached hydrogen (secondary N) is 3. The summed E-state index contributed by atoms with van der Waals surface area (Å²) in [5, 5.41) is 20.0. The highest BCUT2D eigenvalue weighted by molar-refractivity contribution is 7.80. The molecule has 1 aliphatic heterocycles. The fraction of sp³-hybridized carbons (Fsp3) is 0.111. The predicted molar refractivity (Wildman–Crippen MR) is 107 cm³/mol. The molecule has 1 unspecified atom stereocenters. The van der Waals surface area contributed by atoms with Crippen molar-refractivity contribution >= 4 is 46.2 Å². The summed E-state index contributed by atoms with van der Waals surface area (Å²) in [4.78, 5) is 23.5. The number of hydrogen-bond acceptors (Lipinski definition) is 4. The SMILES string of the molecule is CC1=C(C(=O)Nc2ccc(F)cc2)C(c2ccc(Cl)c([N+](=O)[O-])c2)NC(=S)N1. The summed E-state index contributed by atoms with van der Waals surface area (Å²) in [7, 11) is 0. The van der Waals surface area contributed by atoms with Gasteiger partial charge in [-0.25, -0.2) is 4.39 Å². The molecule has 1 amide bonds. The van der Waals surface area contributed by atoms with Crippen LogP contribution in [-0.2, 0) is 4.79 Å². The van der Waals surface area contributed by atoms with E-state index in [2.05, 4.69) is 16.0 Å². The Morgan fingerprint density at radius 1 is 1.29 bits per heavy atom. The molecule has 7 nitrogen and oxygen atoms in total. The second-order valence-electron chi connectivity index (χ2n) is 6.00. The van der Waals surface area contributed by atoms with Crippen molar-refractivity contribution < 1.29 is 14.1 Å². The van der Waals surface area contributed by atoms with Crippen molar-refractivity contribution in [2.75, 3.05) is 5.32 Å². The molecule has 0 aromatic heterocycles. The molecule has 28 heavy (non-hydrogen) atoms. The lowest BCUT2D eigenvalue weighted by atomic mass is 9.94. The van der Waals surface area contributed by atoms with Gasteiger partial charge in [-0.05, 0) is 55.0 Å². The van der Waals surface area contributed by atoms with Crippen LogP contribution >= 0.6 is 23.8 Å². The van der Waals surface area contributed by atoms with Crippen LogP contribution in [0.5, 0.6) is 0 Å². The molecule has 0 bridgehead atoms. The lowest BCUT2D eigenvalue weighted by Crippen LogP contribution is -2.45. The van der Waals surface area contributed by atoms with Crippen molar-refractivity contribution in [1.29, 1.82) is 0 Å². The summed E-state index contributed by atoms with van der Waals surface area (Å²) in [5.74, 6) is -0.889. The maximum Gasteiger partial charge on any atom is 0.288 e. The van der Waals surface area contributed by atoms with Gasteiger partial charge in [-0.15, -0.1) is 0 Å². The highest BCUT2D eigenvalue weighted by Crippen LogP contribution is 2.33. The van der Waals surface area contributed by atoms with Crippen LogP contribution in [0.3, 0.4) is 0 Å². The van der Waals surface area contributed by atoms with E-state index in [9.17, 15) is 19.3 Å². The number of benzene rings is 2. The van der Waals surface area contributed by atoms with Crippen molar-refractivity contribution in [2.24, 2.45) is 0 Å². The van der Waals surface area contributed by atoms with Crippen LogP contribution in [0.4, 0.5) is 15.8 Å². The Morgan fingerprint density at radius 3 is 2.61 bits per heavy atom. The third-order valence-corrected chi connectivity index (χ3v) is 4.66. The zero-order valence-electron chi connectivity index (χ0n) is 14.5. The van der Waals surface area contributed by atoms with Crippen LogP contribution in [-0.4, -0.2) is 15.9 Å². The highest BCUT2D eigenvalue weighted by Gasteiger charge is 2.31. The molecule has 1 atom stereocenters. The fourth-order valence-corrected chi connectivity index (χ4v) is 3.28. The van der Waals surface area contributed by atoms with E-state index in [0.717, 1.165) is 0 Å². The second kappa shape index (κ2) is 7.91. The Hall–Kier alpha value is -3.04. The lowest BCUT2D eigenvalue weighted by molar-refractivity contribution is -0.384. The number of halogens is 2. The summed E-state index contributed by atoms with van der Waals surface area (Å²) in [6.45, 7) is 1.67. The lowest BCUT2D eigenvalue weighted by Gasteiger charge is -2.30. The molecule has 10 heteroatoms. The number of hydrogen-bond donors (Lipinski definition) is 3. The van der Waals surface area contributed by atoms with Crippen LogP contribution in [0, 0.1) is 15.9 Å². The molecular weight excluding hydrogens is 407 g/mol. The van der Waals surface area contributed by atoms with Gasteiger partial charge in [-0.1, -0.05) is 17.7 Å². The van der Waals surface area contributed by atoms with E-state index in [1.54, 1.807) is 13.0 Å². The monoisotopic (exact) mass is 420 g/mol. The quantitative estimate of drug-likeness (QED) is 0.395. The van der Waals surface area contributed by atoms with Gasteiger partial charge in [-0.2, -0.15) is 0 Å². The van der Waals surface area contributed by atoms with Gasteiger partial charge in [0.2, 0.25) is 0 Å². The molecule has 1 aliphatic rings. The van der Waals surface area contributed by atoms with Gasteiger partial charge in [0, 0.05) is 17.5 Å². The highest BCUT2D eigenvalue weighted by atomic mass is 35.5. The summed E-state index contributed by atoms with van der Waals surface area (Å²) in [5.41, 5.74) is 1.35. The number of anilines is 1. The third kappa shape index (κ3) is 4.10. The molecular formula is C18H14ClFN4O3S. The average molecular weight is 421 g/mol. The van der Waals surface area contributed by atoms with E-state index in [-0.39, 0.29) is 21.4 Å². The van der Waals surface area contributed by atoms with Crippen LogP contribution in [0.2, 0.25) is 5.02 Å². The minimum absolute atomic E-state index is 0.0109. The van der Waals surface area contributed by atoms with Gasteiger partial charge >= 0.3 is 0 Å². The van der Waals surface area contributed by atoms with Crippen LogP contribution in [0.25, 0.3) is 0 Å². The Bertz CT molecular complexity index is 1010. The van der Waals surface area contributed by atoms with Gasteiger partial charge in [0.25, 0.3) is 11.6 Å². The smallest absolute Gasteiger partial charge is 0.288 e. The van der Waals surface area contributed by atoms with Crippen LogP contribution < -0.4 is 16.0 Å². The maximum atomic E-state index is 13.1. The molecule has 3 N–H and O–H groups in total. The zero-order valence-corrected chi connectivity index (χ0v) is 16.0. The van der Waals surface area contributed by atoms with Gasteiger partial charge in [0.05, 0.1) is 16.5 Å². The number of rotatable bonds is 4. The van der Waals surface area contributed by atoms with E-state index in [1.807, 2.05) is 0 Å². The summed E-state index contributed by atoms with van der Waals surface area (Å²) in [6.07, 6.45) is 0. The molecule has 1 heterocycles. The summed E-state index contributed by atoms with van der Waals surface area (Å²) in [6, 6.07) is 8.86. The van der Waals surface area contributed by atoms with Gasteiger partial charge in [0.1, 0.15) is 10.8 Å². The number of carbonyl (C=O) groups excluding carboxylic acids is 1. The first-order valence-corrected chi connectivity index (χ1v) is 8.84. The number of amides is 1. The largest absolute Gasteiger partial charge is 0.351 e. The molecule has 0 spiro atoms. The number of allylic oxidation sites excluding steroid dienone is 1. The van der Waals surface area contributed by atoms with E-state index in [0.29, 0.717) is 16.9 Å². The second-order valence-corrected chi connectivity index (χ2v) is 6.81. The number of nitro benzene ring substituents is 1. The van der Waals surface area contributed by atoms with Crippen molar-refractivity contribution in [2.45, 2.75) is 13.0 Å². The fourth-order valence-electron chi connectivity index (χ4n) is 2.83. The maximum absolute atomic E-state index is 13.1. The topological polar surface area (TPSA) is 96.3 Å². The summed E-state index contributed by atoms with van der Waals surface area (Å²) >= 11 is 11.0. The molecule has 0 saturated carbocycles. The Morgan fingerprint density at radius 2 is 1.96 bits per heavy atom. The summed E-state index contributed by atoms with van der Waals surface area (Å²) < 4.78 is 13.1. The standard InChI is InChI=1S/C18H14ClFN4O3S/c1-9-15(17(25)22-12-5-3-11(20)4-6-12)16(23-18(28)21-9)10-2-7-13(19)14(8-10)24(26)27/h2-8,16H,1H3,(H,22,25)(H2,21,23,28). The molecule has 0 aliphatic carbocycles. The van der Waals surface area contributed by atoms with Crippen molar-refractivity contribution in [3.63, 3.8) is 0 Å². The average Bonchev–Trinajstić information content (AvgIpc) is 2.63. The zero-order chi connectivity index (χ0) is 20.4. The molecule has 2 aromatic carbocycles. The number of nitro groups is 1. The van der Waals surface area contributed by atoms with E-state index in [4.69, 9.17) is 23.8 Å². The van der Waals surface area contributed by atoms with Crippen LogP contribution in [0.15, 0.2) is 53.7 Å². The third-order valence-electron chi connectivity index (χ3n) is 4.12. The molecule has 2 aromatic rings. The number of nitrogens with zero attached hydrogens (tertiary/aromatic N) is 1. The van der Waals surface area contributed by atoms with E-state index >= 15 is 0 Å². The van der Waals surface area contributed by atoms with Crippen LogP contribution in [0.1, 0.15) is 18.5 Å². The first kappa shape index (κ1) is 19.7. The molecule has 0 radical (unpaired) electrons. The molecule has 0 saturated heterocycles. The number of thiocarbonyl (C=S) groups is 1. The Labute approximate surface area is 169 Å². The van der Waals surface area contributed by atoms with E-state index < -0.39 is 22.7 Å².